The van der Waals surface area contributed by atoms with Gasteiger partial charge in [0.25, 0.3) is 0 Å². The van der Waals surface area contributed by atoms with Crippen LogP contribution in [0.5, 0.6) is 0 Å². The fourth-order valence-corrected chi connectivity index (χ4v) is 8.62. The maximum Gasteiger partial charge on any atom is 0.0568 e. The van der Waals surface area contributed by atoms with Gasteiger partial charge < -0.3 is 15.2 Å². The number of hydrogen-bond donors (Lipinski definition) is 2. The average molecular weight is 719 g/mol. The van der Waals surface area contributed by atoms with Crippen LogP contribution in [0, 0.1) is 0 Å². The Morgan fingerprint density at radius 3 is 2.27 bits per heavy atom. The minimum atomic E-state index is -0.0867. The zero-order valence-electron chi connectivity index (χ0n) is 33.3. The minimum Gasteiger partial charge on any atom is -0.364 e. The Morgan fingerprint density at radius 2 is 1.56 bits per heavy atom. The van der Waals surface area contributed by atoms with Crippen LogP contribution in [0.1, 0.15) is 110 Å². The Hall–Kier alpha value is -3.70. The summed E-state index contributed by atoms with van der Waals surface area (Å²) >= 11 is 4.50. The minimum absolute atomic E-state index is 0.0273. The first kappa shape index (κ1) is 41.1. The van der Waals surface area contributed by atoms with Gasteiger partial charge in [-0.1, -0.05) is 134 Å². The second-order valence-corrected chi connectivity index (χ2v) is 15.8. The summed E-state index contributed by atoms with van der Waals surface area (Å²) in [5, 5.41) is 8.56. The van der Waals surface area contributed by atoms with E-state index in [1.54, 1.807) is 7.05 Å². The highest BCUT2D eigenvalue weighted by atomic mass is 32.1. The van der Waals surface area contributed by atoms with E-state index in [2.05, 4.69) is 173 Å². The number of nitrogens with zero attached hydrogens (tertiary/aromatic N) is 3. The van der Waals surface area contributed by atoms with Crippen molar-refractivity contribution >= 4 is 55.5 Å². The molecule has 1 N–H and O–H groups in total. The van der Waals surface area contributed by atoms with Crippen molar-refractivity contribution in [2.45, 2.75) is 116 Å². The monoisotopic (exact) mass is 719 g/mol. The Balaban J connectivity index is 0.00000144. The number of benzene rings is 2. The number of nitrogens with one attached hydrogen (secondary N) is 1. The molecule has 0 saturated heterocycles. The normalized spacial score (nSPS) is 19.4. The van der Waals surface area contributed by atoms with Crippen molar-refractivity contribution in [1.29, 1.82) is 0 Å². The van der Waals surface area contributed by atoms with Crippen LogP contribution in [-0.2, 0) is 10.8 Å². The standard InChI is InChI=1S/C45H60N2S.C2H6N2/c1-8-10-11-19-31-46-38-29-27-34(3)36(22-9-2)42(38)44(4,5)40(46)25-15-13-12-14-16-26-41-45(6,7)43-37-24-18-17-23-35(37)28-30-39(43)47(41)32-20-21-33-48;1-3-4-2/h12-16,22-30,41,48H,3,8-11,17-21,31-33H2,1-2,4-7H3;4H,1H2,2H3/b14-12+,15-13+,26-16+,36-22+,40-25-;. The molecule has 2 aliphatic heterocycles. The largest absolute Gasteiger partial charge is 0.364 e. The Morgan fingerprint density at radius 1 is 0.865 bits per heavy atom. The third-order valence-electron chi connectivity index (χ3n) is 10.9. The van der Waals surface area contributed by atoms with Crippen LogP contribution >= 0.6 is 12.6 Å². The maximum absolute atomic E-state index is 4.50. The van der Waals surface area contributed by atoms with Crippen molar-refractivity contribution in [2.24, 2.45) is 5.10 Å². The molecule has 1 atom stereocenters. The van der Waals surface area contributed by atoms with Gasteiger partial charge in [-0.25, -0.2) is 0 Å². The number of hydrazone groups is 1. The van der Waals surface area contributed by atoms with Gasteiger partial charge in [-0.2, -0.15) is 17.7 Å². The fourth-order valence-electron chi connectivity index (χ4n) is 8.40. The number of anilines is 2. The van der Waals surface area contributed by atoms with E-state index in [1.807, 2.05) is 0 Å². The second-order valence-electron chi connectivity index (χ2n) is 15.3. The molecule has 2 aromatic carbocycles. The van der Waals surface area contributed by atoms with Gasteiger partial charge in [-0.3, -0.25) is 0 Å². The second kappa shape index (κ2) is 19.4. The lowest BCUT2D eigenvalue weighted by atomic mass is 9.78. The van der Waals surface area contributed by atoms with Crippen LogP contribution in [0.15, 0.2) is 77.6 Å². The summed E-state index contributed by atoms with van der Waals surface area (Å²) in [5.74, 6) is 0.942. The van der Waals surface area contributed by atoms with Crippen molar-refractivity contribution < 1.29 is 0 Å². The van der Waals surface area contributed by atoms with Crippen LogP contribution < -0.4 is 36.1 Å². The molecule has 5 rings (SSSR count). The van der Waals surface area contributed by atoms with Crippen molar-refractivity contribution in [3.8, 4) is 0 Å². The number of hydrogen-bond acceptors (Lipinski definition) is 5. The molecule has 52 heavy (non-hydrogen) atoms. The lowest BCUT2D eigenvalue weighted by Crippen LogP contribution is -2.42. The predicted octanol–water partition coefficient (Wildman–Crippen LogP) is 8.57. The van der Waals surface area contributed by atoms with Crippen LogP contribution in [0.25, 0.3) is 24.8 Å². The Bertz CT molecular complexity index is 1880. The molecule has 0 bridgehead atoms. The molecule has 4 nitrogen and oxygen atoms in total. The molecule has 0 amide bonds. The molecule has 0 radical (unpaired) electrons. The van der Waals surface area contributed by atoms with E-state index in [-0.39, 0.29) is 10.8 Å². The third-order valence-corrected chi connectivity index (χ3v) is 11.2. The first-order valence-electron chi connectivity index (χ1n) is 19.8. The molecule has 280 valence electrons. The van der Waals surface area contributed by atoms with E-state index in [9.17, 15) is 0 Å². The van der Waals surface area contributed by atoms with Crippen molar-refractivity contribution in [3.05, 3.63) is 104 Å². The van der Waals surface area contributed by atoms with Crippen LogP contribution in [0.3, 0.4) is 0 Å². The van der Waals surface area contributed by atoms with E-state index < -0.39 is 0 Å². The summed E-state index contributed by atoms with van der Waals surface area (Å²) in [6, 6.07) is 9.55. The van der Waals surface area contributed by atoms with Gasteiger partial charge in [0.1, 0.15) is 0 Å². The van der Waals surface area contributed by atoms with E-state index in [1.165, 1.54) is 69.5 Å². The fraction of sp³-hybridized carbons (Fsp3) is 0.468. The molecular weight excluding hydrogens is 653 g/mol. The number of fused-ring (bicyclic) bond motifs is 4. The summed E-state index contributed by atoms with van der Waals surface area (Å²) in [4.78, 5) is 5.24. The average Bonchev–Trinajstić information content (AvgIpc) is 3.49. The Labute approximate surface area is 321 Å². The molecule has 1 aliphatic carbocycles. The molecule has 3 aliphatic rings. The van der Waals surface area contributed by atoms with Crippen molar-refractivity contribution in [2.75, 3.05) is 35.7 Å². The van der Waals surface area contributed by atoms with Crippen LogP contribution in [-0.4, -0.2) is 38.6 Å². The molecule has 2 aromatic rings. The van der Waals surface area contributed by atoms with E-state index in [4.69, 9.17) is 0 Å². The molecule has 0 fully saturated rings. The highest BCUT2D eigenvalue weighted by Crippen LogP contribution is 2.46. The quantitative estimate of drug-likeness (QED) is 0.0637. The zero-order valence-corrected chi connectivity index (χ0v) is 34.2. The van der Waals surface area contributed by atoms with Gasteiger partial charge in [0.15, 0.2) is 0 Å². The number of unbranched alkanes of at least 4 members (excludes halogenated alkanes) is 4. The molecule has 0 spiro atoms. The highest BCUT2D eigenvalue weighted by Gasteiger charge is 2.44. The van der Waals surface area contributed by atoms with Gasteiger partial charge in [-0.05, 0) is 94.5 Å². The van der Waals surface area contributed by atoms with E-state index in [0.29, 0.717) is 6.04 Å². The number of allylic oxidation sites excluding steroid dienone is 7. The summed E-state index contributed by atoms with van der Waals surface area (Å²) in [7, 11) is 1.70. The maximum atomic E-state index is 4.50. The van der Waals surface area contributed by atoms with Gasteiger partial charge in [0.2, 0.25) is 0 Å². The van der Waals surface area contributed by atoms with E-state index in [0.717, 1.165) is 56.2 Å². The van der Waals surface area contributed by atoms with Gasteiger partial charge in [0, 0.05) is 54.8 Å². The van der Waals surface area contributed by atoms with Crippen molar-refractivity contribution in [1.82, 2.24) is 5.43 Å². The first-order chi connectivity index (χ1) is 25.1. The van der Waals surface area contributed by atoms with Crippen LogP contribution in [0.2, 0.25) is 0 Å². The molecule has 2 heterocycles. The van der Waals surface area contributed by atoms with E-state index >= 15 is 0 Å². The van der Waals surface area contributed by atoms with Gasteiger partial charge in [0.05, 0.1) is 6.04 Å². The number of thiol groups is 1. The number of rotatable bonds is 15. The lowest BCUT2D eigenvalue weighted by molar-refractivity contribution is 0.469. The molecule has 0 saturated carbocycles. The third kappa shape index (κ3) is 9.08. The summed E-state index contributed by atoms with van der Waals surface area (Å²) in [6.07, 6.45) is 33.8. The Kier molecular flexibility index (Phi) is 15.3. The first-order valence-corrected chi connectivity index (χ1v) is 20.4. The summed E-state index contributed by atoms with van der Waals surface area (Å²) in [6.45, 7) is 23.8. The van der Waals surface area contributed by atoms with Gasteiger partial charge in [-0.15, -0.1) is 0 Å². The molecular formula is C47H66N4S. The summed E-state index contributed by atoms with van der Waals surface area (Å²) < 4.78 is 0. The lowest BCUT2D eigenvalue weighted by Gasteiger charge is -2.32. The van der Waals surface area contributed by atoms with Crippen molar-refractivity contribution in [3.63, 3.8) is 0 Å². The van der Waals surface area contributed by atoms with Gasteiger partial charge >= 0.3 is 0 Å². The highest BCUT2D eigenvalue weighted by molar-refractivity contribution is 7.80. The SMILES string of the molecule is C=NNC.C=c1ccc2c(/c1=C/CC)C(C)(C)/C(=C/C=C/C=C/C=C/C1N(CCCCS)c3ccc4c(c3C1(C)C)=CCCC=4)N2CCCCCC. The summed E-state index contributed by atoms with van der Waals surface area (Å²) in [5.41, 5.74) is 9.50. The molecule has 1 unspecified atom stereocenters. The predicted molar refractivity (Wildman–Crippen MR) is 236 cm³/mol. The zero-order chi connectivity index (χ0) is 37.7. The smallest absolute Gasteiger partial charge is 0.0568 e. The molecule has 0 aromatic heterocycles. The molecule has 5 heteroatoms. The van der Waals surface area contributed by atoms with Crippen LogP contribution in [0.4, 0.5) is 11.4 Å². The topological polar surface area (TPSA) is 30.9 Å².